The fraction of sp³-hybridized carbons (Fsp3) is 0.182. The van der Waals surface area contributed by atoms with E-state index in [9.17, 15) is 4.79 Å². The summed E-state index contributed by atoms with van der Waals surface area (Å²) < 4.78 is 8.84. The van der Waals surface area contributed by atoms with E-state index < -0.39 is 0 Å². The van der Waals surface area contributed by atoms with Crippen LogP contribution in [0.15, 0.2) is 65.8 Å². The Morgan fingerprint density at radius 1 is 1.00 bits per heavy atom. The van der Waals surface area contributed by atoms with Crippen LogP contribution in [0, 0.1) is 13.8 Å². The van der Waals surface area contributed by atoms with Crippen LogP contribution in [0.25, 0.3) is 22.6 Å². The lowest BCUT2D eigenvalue weighted by atomic mass is 10.1. The molecule has 4 rings (SSSR count). The Morgan fingerprint density at radius 3 is 2.48 bits per heavy atom. The van der Waals surface area contributed by atoms with Crippen LogP contribution < -0.4 is 10.3 Å². The summed E-state index contributed by atoms with van der Waals surface area (Å²) in [5.74, 6) is 0.785. The summed E-state index contributed by atoms with van der Waals surface area (Å²) in [5.41, 5.74) is 5.27. The third-order valence-electron chi connectivity index (χ3n) is 4.75. The van der Waals surface area contributed by atoms with E-state index in [-0.39, 0.29) is 5.56 Å². The number of hydrogen-bond donors (Lipinski definition) is 0. The van der Waals surface area contributed by atoms with Gasteiger partial charge < -0.3 is 9.14 Å². The van der Waals surface area contributed by atoms with Gasteiger partial charge in [0.15, 0.2) is 0 Å². The molecule has 0 N–H and O–H groups in total. The van der Waals surface area contributed by atoms with Crippen LogP contribution in [0.3, 0.4) is 0 Å². The van der Waals surface area contributed by atoms with E-state index in [2.05, 4.69) is 31.0 Å². The van der Waals surface area contributed by atoms with Gasteiger partial charge >= 0.3 is 0 Å². The summed E-state index contributed by atoms with van der Waals surface area (Å²) in [7, 11) is 0. The lowest BCUT2D eigenvalue weighted by Crippen LogP contribution is -2.19. The Kier molecular flexibility index (Phi) is 4.28. The highest BCUT2D eigenvalue weighted by atomic mass is 16.5. The molecule has 0 spiro atoms. The summed E-state index contributed by atoms with van der Waals surface area (Å²) >= 11 is 0. The summed E-state index contributed by atoms with van der Waals surface area (Å²) in [4.78, 5) is 17.5. The standard InChI is InChI=1S/C22H21N3O2/c1-4-27-19-9-7-18(8-10-19)25-12-11-24-14-20(23-21(24)22(25)26)17-6-5-15(2)16(3)13-17/h5-14H,4H2,1-3H3. The van der Waals surface area contributed by atoms with Gasteiger partial charge in [-0.15, -0.1) is 0 Å². The minimum atomic E-state index is -0.156. The summed E-state index contributed by atoms with van der Waals surface area (Å²) in [5, 5.41) is 0. The summed E-state index contributed by atoms with van der Waals surface area (Å²) in [6.07, 6.45) is 5.50. The van der Waals surface area contributed by atoms with Crippen molar-refractivity contribution in [1.29, 1.82) is 0 Å². The third kappa shape index (κ3) is 3.12. The molecule has 0 aliphatic carbocycles. The molecule has 2 heterocycles. The van der Waals surface area contributed by atoms with Gasteiger partial charge in [-0.2, -0.15) is 0 Å². The first-order valence-electron chi connectivity index (χ1n) is 8.98. The molecule has 0 amide bonds. The maximum Gasteiger partial charge on any atom is 0.298 e. The molecular weight excluding hydrogens is 338 g/mol. The van der Waals surface area contributed by atoms with Crippen LogP contribution in [-0.2, 0) is 0 Å². The largest absolute Gasteiger partial charge is 0.494 e. The zero-order chi connectivity index (χ0) is 19.0. The van der Waals surface area contributed by atoms with Gasteiger partial charge in [0.25, 0.3) is 5.56 Å². The molecule has 0 atom stereocenters. The van der Waals surface area contributed by atoms with Gasteiger partial charge in [0.1, 0.15) is 5.75 Å². The molecule has 0 unspecified atom stereocenters. The molecule has 2 aromatic heterocycles. The SMILES string of the molecule is CCOc1ccc(-n2ccn3cc(-c4ccc(C)c(C)c4)nc3c2=O)cc1. The summed E-state index contributed by atoms with van der Waals surface area (Å²) in [6.45, 7) is 6.71. The normalized spacial score (nSPS) is 11.1. The molecule has 2 aromatic carbocycles. The van der Waals surface area contributed by atoms with Crippen molar-refractivity contribution < 1.29 is 4.74 Å². The van der Waals surface area contributed by atoms with Crippen LogP contribution in [0.4, 0.5) is 0 Å². The van der Waals surface area contributed by atoms with Gasteiger partial charge in [-0.25, -0.2) is 4.98 Å². The molecule has 5 heteroatoms. The average Bonchev–Trinajstić information content (AvgIpc) is 3.11. The van der Waals surface area contributed by atoms with Crippen LogP contribution in [0.5, 0.6) is 5.75 Å². The van der Waals surface area contributed by atoms with Crippen LogP contribution >= 0.6 is 0 Å². The second kappa shape index (κ2) is 6.76. The van der Waals surface area contributed by atoms with Gasteiger partial charge in [-0.1, -0.05) is 12.1 Å². The molecule has 5 nitrogen and oxygen atoms in total. The molecule has 136 valence electrons. The number of rotatable bonds is 4. The van der Waals surface area contributed by atoms with Crippen molar-refractivity contribution in [2.45, 2.75) is 20.8 Å². The van der Waals surface area contributed by atoms with Gasteiger partial charge in [0.05, 0.1) is 12.3 Å². The van der Waals surface area contributed by atoms with Gasteiger partial charge in [0, 0.05) is 29.8 Å². The Morgan fingerprint density at radius 2 is 1.78 bits per heavy atom. The van der Waals surface area contributed by atoms with E-state index in [1.54, 1.807) is 15.2 Å². The molecule has 4 aromatic rings. The zero-order valence-corrected chi connectivity index (χ0v) is 15.6. The first-order chi connectivity index (χ1) is 13.1. The number of aryl methyl sites for hydroxylation is 2. The number of nitrogens with zero attached hydrogens (tertiary/aromatic N) is 3. The number of ether oxygens (including phenoxy) is 1. The maximum absolute atomic E-state index is 13.0. The van der Waals surface area contributed by atoms with Crippen molar-refractivity contribution in [1.82, 2.24) is 14.0 Å². The lowest BCUT2D eigenvalue weighted by Gasteiger charge is -2.07. The lowest BCUT2D eigenvalue weighted by molar-refractivity contribution is 0.340. The van der Waals surface area contributed by atoms with Gasteiger partial charge in [0.2, 0.25) is 5.65 Å². The van der Waals surface area contributed by atoms with Gasteiger partial charge in [-0.05, 0) is 62.2 Å². The van der Waals surface area contributed by atoms with Crippen molar-refractivity contribution in [3.63, 3.8) is 0 Å². The molecule has 0 radical (unpaired) electrons. The van der Waals surface area contributed by atoms with Crippen molar-refractivity contribution in [3.05, 3.63) is 82.5 Å². The first kappa shape index (κ1) is 17.1. The molecule has 27 heavy (non-hydrogen) atoms. The van der Waals surface area contributed by atoms with Crippen LogP contribution in [-0.4, -0.2) is 20.6 Å². The number of imidazole rings is 1. The van der Waals surface area contributed by atoms with E-state index >= 15 is 0 Å². The van der Waals surface area contributed by atoms with E-state index in [1.165, 1.54) is 11.1 Å². The van der Waals surface area contributed by atoms with Crippen LogP contribution in [0.2, 0.25) is 0 Å². The highest BCUT2D eigenvalue weighted by Crippen LogP contribution is 2.21. The monoisotopic (exact) mass is 359 g/mol. The van der Waals surface area contributed by atoms with Crippen molar-refractivity contribution >= 4 is 5.65 Å². The third-order valence-corrected chi connectivity index (χ3v) is 4.75. The molecule has 0 saturated carbocycles. The Hall–Kier alpha value is -3.34. The van der Waals surface area contributed by atoms with Crippen molar-refractivity contribution in [3.8, 4) is 22.7 Å². The number of benzene rings is 2. The van der Waals surface area contributed by atoms with Crippen molar-refractivity contribution in [2.75, 3.05) is 6.61 Å². The maximum atomic E-state index is 13.0. The van der Waals surface area contributed by atoms with Gasteiger partial charge in [-0.3, -0.25) is 9.36 Å². The minimum absolute atomic E-state index is 0.156. The first-order valence-corrected chi connectivity index (χ1v) is 8.98. The van der Waals surface area contributed by atoms with E-state index in [1.807, 2.05) is 49.6 Å². The second-order valence-corrected chi connectivity index (χ2v) is 6.56. The fourth-order valence-electron chi connectivity index (χ4n) is 3.09. The van der Waals surface area contributed by atoms with E-state index in [0.717, 1.165) is 22.7 Å². The quantitative estimate of drug-likeness (QED) is 0.549. The zero-order valence-electron chi connectivity index (χ0n) is 15.6. The Labute approximate surface area is 157 Å². The van der Waals surface area contributed by atoms with Crippen molar-refractivity contribution in [2.24, 2.45) is 0 Å². The van der Waals surface area contributed by atoms with E-state index in [0.29, 0.717) is 12.3 Å². The number of fused-ring (bicyclic) bond motifs is 1. The number of hydrogen-bond acceptors (Lipinski definition) is 3. The van der Waals surface area contributed by atoms with E-state index in [4.69, 9.17) is 4.74 Å². The minimum Gasteiger partial charge on any atom is -0.494 e. The second-order valence-electron chi connectivity index (χ2n) is 6.56. The molecule has 0 aliphatic rings. The molecule has 0 aliphatic heterocycles. The predicted octanol–water partition coefficient (Wildman–Crippen LogP) is 4.17. The average molecular weight is 359 g/mol. The number of aromatic nitrogens is 3. The summed E-state index contributed by atoms with van der Waals surface area (Å²) in [6, 6.07) is 13.7. The highest BCUT2D eigenvalue weighted by molar-refractivity contribution is 5.64. The Bertz CT molecular complexity index is 1170. The topological polar surface area (TPSA) is 48.5 Å². The molecular formula is C22H21N3O2. The fourth-order valence-corrected chi connectivity index (χ4v) is 3.09. The van der Waals surface area contributed by atoms with Crippen LogP contribution in [0.1, 0.15) is 18.1 Å². The molecule has 0 bridgehead atoms. The Balaban J connectivity index is 1.78. The predicted molar refractivity (Wildman–Crippen MR) is 107 cm³/mol. The molecule has 0 saturated heterocycles. The smallest absolute Gasteiger partial charge is 0.298 e. The molecule has 0 fully saturated rings. The highest BCUT2D eigenvalue weighted by Gasteiger charge is 2.11.